The lowest BCUT2D eigenvalue weighted by atomic mass is 10.1. The number of piperazine rings is 1. The maximum atomic E-state index is 12.4. The Hall–Kier alpha value is -1.98. The van der Waals surface area contributed by atoms with E-state index in [1.807, 2.05) is 38.7 Å². The quantitative estimate of drug-likeness (QED) is 0.833. The minimum Gasteiger partial charge on any atom is -0.478 e. The van der Waals surface area contributed by atoms with Gasteiger partial charge in [-0.05, 0) is 52.7 Å². The Morgan fingerprint density at radius 3 is 2.75 bits per heavy atom. The second-order valence-corrected chi connectivity index (χ2v) is 7.56. The minimum atomic E-state index is -0.468. The number of ether oxygens (including phenoxy) is 2. The number of pyridine rings is 1. The number of amides is 1. The lowest BCUT2D eigenvalue weighted by Gasteiger charge is -2.43. The summed E-state index contributed by atoms with van der Waals surface area (Å²) in [5, 5.41) is 0. The van der Waals surface area contributed by atoms with E-state index in [9.17, 15) is 4.79 Å². The van der Waals surface area contributed by atoms with Crippen LogP contribution in [0.3, 0.4) is 0 Å². The molecule has 132 valence electrons. The first-order valence-electron chi connectivity index (χ1n) is 8.67. The number of aromatic nitrogens is 1. The third-order valence-electron chi connectivity index (χ3n) is 4.36. The summed E-state index contributed by atoms with van der Waals surface area (Å²) in [6.07, 6.45) is 0.672. The van der Waals surface area contributed by atoms with E-state index in [1.165, 1.54) is 5.56 Å². The van der Waals surface area contributed by atoms with E-state index in [4.69, 9.17) is 9.47 Å². The fraction of sp³-hybridized carbons (Fsp3) is 0.667. The Bertz CT molecular complexity index is 626. The Morgan fingerprint density at radius 2 is 2.08 bits per heavy atom. The van der Waals surface area contributed by atoms with Crippen molar-refractivity contribution in [2.24, 2.45) is 0 Å². The number of hydrogen-bond acceptors (Lipinski definition) is 5. The molecule has 2 atom stereocenters. The molecule has 0 aromatic carbocycles. The van der Waals surface area contributed by atoms with Gasteiger partial charge in [0.2, 0.25) is 5.88 Å². The first kappa shape index (κ1) is 16.9. The number of fused-ring (bicyclic) bond motifs is 3. The van der Waals surface area contributed by atoms with Crippen LogP contribution in [0.5, 0.6) is 5.88 Å². The highest BCUT2D eigenvalue weighted by Gasteiger charge is 2.41. The molecule has 1 amide bonds. The van der Waals surface area contributed by atoms with Crippen molar-refractivity contribution < 1.29 is 14.3 Å². The maximum Gasteiger partial charge on any atom is 0.410 e. The molecule has 24 heavy (non-hydrogen) atoms. The van der Waals surface area contributed by atoms with E-state index in [2.05, 4.69) is 22.9 Å². The average molecular weight is 333 g/mol. The van der Waals surface area contributed by atoms with Crippen molar-refractivity contribution in [3.8, 4) is 5.88 Å². The molecule has 1 fully saturated rings. The molecular formula is C18H27N3O3. The molecule has 0 saturated carbocycles. The van der Waals surface area contributed by atoms with E-state index in [-0.39, 0.29) is 18.2 Å². The Kier molecular flexibility index (Phi) is 4.32. The molecule has 0 bridgehead atoms. The highest BCUT2D eigenvalue weighted by Crippen LogP contribution is 2.36. The van der Waals surface area contributed by atoms with E-state index < -0.39 is 5.60 Å². The Labute approximate surface area is 143 Å². The topological polar surface area (TPSA) is 54.9 Å². The summed E-state index contributed by atoms with van der Waals surface area (Å²) in [4.78, 5) is 21.2. The fourth-order valence-corrected chi connectivity index (χ4v) is 3.53. The summed E-state index contributed by atoms with van der Waals surface area (Å²) < 4.78 is 11.1. The van der Waals surface area contributed by atoms with Gasteiger partial charge in [0, 0.05) is 25.2 Å². The van der Waals surface area contributed by atoms with Crippen LogP contribution in [0.25, 0.3) is 0 Å². The van der Waals surface area contributed by atoms with Gasteiger partial charge in [0.1, 0.15) is 11.4 Å². The van der Waals surface area contributed by atoms with Crippen LogP contribution in [-0.2, 0) is 11.2 Å². The van der Waals surface area contributed by atoms with Gasteiger partial charge >= 0.3 is 6.09 Å². The molecule has 3 heterocycles. The molecule has 3 rings (SSSR count). The molecule has 0 N–H and O–H groups in total. The molecule has 0 unspecified atom stereocenters. The van der Waals surface area contributed by atoms with Crippen molar-refractivity contribution in [3.63, 3.8) is 0 Å². The molecule has 2 aliphatic rings. The van der Waals surface area contributed by atoms with E-state index in [0.29, 0.717) is 25.6 Å². The second kappa shape index (κ2) is 6.15. The molecule has 1 aromatic heterocycles. The van der Waals surface area contributed by atoms with Crippen molar-refractivity contribution in [1.29, 1.82) is 0 Å². The zero-order valence-corrected chi connectivity index (χ0v) is 15.2. The zero-order chi connectivity index (χ0) is 17.5. The highest BCUT2D eigenvalue weighted by atomic mass is 16.6. The van der Waals surface area contributed by atoms with Gasteiger partial charge in [-0.1, -0.05) is 0 Å². The van der Waals surface area contributed by atoms with Crippen LogP contribution in [0.4, 0.5) is 10.6 Å². The van der Waals surface area contributed by atoms with Crippen LogP contribution in [0, 0.1) is 0 Å². The number of nitrogens with zero attached hydrogens (tertiary/aromatic N) is 3. The van der Waals surface area contributed by atoms with E-state index in [0.717, 1.165) is 12.2 Å². The Morgan fingerprint density at radius 1 is 1.33 bits per heavy atom. The predicted octanol–water partition coefficient (Wildman–Crippen LogP) is 2.85. The number of carbonyl (C=O) groups is 1. The van der Waals surface area contributed by atoms with Crippen LogP contribution >= 0.6 is 0 Å². The summed E-state index contributed by atoms with van der Waals surface area (Å²) in [6, 6.07) is 4.47. The average Bonchev–Trinajstić information content (AvgIpc) is 2.84. The normalized spacial score (nSPS) is 22.9. The van der Waals surface area contributed by atoms with Crippen molar-refractivity contribution in [2.75, 3.05) is 24.6 Å². The van der Waals surface area contributed by atoms with Gasteiger partial charge in [-0.15, -0.1) is 0 Å². The number of carbonyl (C=O) groups excluding carboxylic acids is 1. The molecule has 6 nitrogen and oxygen atoms in total. The molecular weight excluding hydrogens is 306 g/mol. The maximum absolute atomic E-state index is 12.4. The number of rotatable bonds is 2. The SMILES string of the molecule is CCOc1ccc2c(n1)N1[C@H](C2)CN(C(=O)OC(C)(C)C)C[C@H]1C. The minimum absolute atomic E-state index is 0.196. The Balaban J connectivity index is 1.76. The van der Waals surface area contributed by atoms with Crippen molar-refractivity contribution in [1.82, 2.24) is 9.88 Å². The van der Waals surface area contributed by atoms with Gasteiger partial charge in [0.05, 0.1) is 12.6 Å². The molecule has 1 saturated heterocycles. The summed E-state index contributed by atoms with van der Waals surface area (Å²) in [6.45, 7) is 11.7. The lowest BCUT2D eigenvalue weighted by Crippen LogP contribution is -2.58. The zero-order valence-electron chi connectivity index (χ0n) is 15.2. The number of hydrogen-bond donors (Lipinski definition) is 0. The van der Waals surface area contributed by atoms with Crippen LogP contribution in [0.15, 0.2) is 12.1 Å². The van der Waals surface area contributed by atoms with Gasteiger partial charge in [-0.25, -0.2) is 4.79 Å². The second-order valence-electron chi connectivity index (χ2n) is 7.56. The molecule has 0 spiro atoms. The number of anilines is 1. The lowest BCUT2D eigenvalue weighted by molar-refractivity contribution is 0.0191. The van der Waals surface area contributed by atoms with Gasteiger partial charge in [-0.3, -0.25) is 0 Å². The summed E-state index contributed by atoms with van der Waals surface area (Å²) in [5.74, 6) is 1.67. The van der Waals surface area contributed by atoms with Gasteiger partial charge < -0.3 is 19.3 Å². The third kappa shape index (κ3) is 3.28. The van der Waals surface area contributed by atoms with Crippen molar-refractivity contribution in [2.45, 2.75) is 58.7 Å². The highest BCUT2D eigenvalue weighted by molar-refractivity contribution is 5.69. The molecule has 2 aliphatic heterocycles. The monoisotopic (exact) mass is 333 g/mol. The van der Waals surface area contributed by atoms with Crippen molar-refractivity contribution in [3.05, 3.63) is 17.7 Å². The van der Waals surface area contributed by atoms with Crippen LogP contribution in [0.1, 0.15) is 40.2 Å². The molecule has 0 aliphatic carbocycles. The van der Waals surface area contributed by atoms with Crippen LogP contribution in [-0.4, -0.2) is 53.4 Å². The van der Waals surface area contributed by atoms with Gasteiger partial charge in [-0.2, -0.15) is 4.98 Å². The largest absolute Gasteiger partial charge is 0.478 e. The van der Waals surface area contributed by atoms with Crippen LogP contribution < -0.4 is 9.64 Å². The fourth-order valence-electron chi connectivity index (χ4n) is 3.53. The molecule has 0 radical (unpaired) electrons. The van der Waals surface area contributed by atoms with E-state index >= 15 is 0 Å². The first-order chi connectivity index (χ1) is 11.3. The standard InChI is InChI=1S/C18H27N3O3/c1-6-23-15-8-7-13-9-14-11-20(17(22)24-18(3,4)5)10-12(2)21(14)16(13)19-15/h7-8,12,14H,6,9-11H2,1-5H3/t12-,14-/m1/s1. The van der Waals surface area contributed by atoms with Crippen LogP contribution in [0.2, 0.25) is 0 Å². The smallest absolute Gasteiger partial charge is 0.410 e. The summed E-state index contributed by atoms with van der Waals surface area (Å²) in [5.41, 5.74) is 0.755. The third-order valence-corrected chi connectivity index (χ3v) is 4.36. The van der Waals surface area contributed by atoms with E-state index in [1.54, 1.807) is 0 Å². The van der Waals surface area contributed by atoms with Gasteiger partial charge in [0.25, 0.3) is 0 Å². The van der Waals surface area contributed by atoms with Gasteiger partial charge in [0.15, 0.2) is 0 Å². The molecule has 1 aromatic rings. The first-order valence-corrected chi connectivity index (χ1v) is 8.67. The summed E-state index contributed by atoms with van der Waals surface area (Å²) in [7, 11) is 0. The predicted molar refractivity (Wildman–Crippen MR) is 92.6 cm³/mol. The molecule has 6 heteroatoms. The van der Waals surface area contributed by atoms with Crippen molar-refractivity contribution >= 4 is 11.9 Å². The summed E-state index contributed by atoms with van der Waals surface area (Å²) >= 11 is 0.